The van der Waals surface area contributed by atoms with Crippen LogP contribution in [0.5, 0.6) is 0 Å². The topological polar surface area (TPSA) is 26.0 Å². The molecule has 1 nitrogen and oxygen atoms in total. The molecule has 0 aliphatic carbocycles. The minimum Gasteiger partial charge on any atom is -0.320 e. The Morgan fingerprint density at radius 2 is 1.56 bits per heavy atom. The van der Waals surface area contributed by atoms with Crippen LogP contribution in [0.3, 0.4) is 0 Å². The Morgan fingerprint density at radius 3 is 2.22 bits per heavy atom. The molecule has 0 spiro atoms. The monoisotopic (exact) mass is 375 g/mol. The van der Waals surface area contributed by atoms with Gasteiger partial charge in [-0.05, 0) is 34.1 Å². The fourth-order valence-corrected chi connectivity index (χ4v) is 2.69. The number of benzene rings is 2. The Hall–Kier alpha value is -0.780. The fourth-order valence-electron chi connectivity index (χ4n) is 1.72. The standard InChI is InChI=1S/C13H9Br2F2N/c14-8-4-2-6-10(16)11(8)13(18)7-3-1-5-9(15)12(7)17/h1-6,13H,18H2. The molecule has 0 radical (unpaired) electrons. The van der Waals surface area contributed by atoms with Gasteiger partial charge < -0.3 is 5.73 Å². The van der Waals surface area contributed by atoms with Crippen LogP contribution in [0.1, 0.15) is 17.2 Å². The van der Waals surface area contributed by atoms with Gasteiger partial charge in [0.1, 0.15) is 11.6 Å². The third-order valence-electron chi connectivity index (χ3n) is 2.63. The van der Waals surface area contributed by atoms with Crippen molar-refractivity contribution in [2.75, 3.05) is 0 Å². The predicted octanol–water partition coefficient (Wildman–Crippen LogP) is 4.54. The summed E-state index contributed by atoms with van der Waals surface area (Å²) in [7, 11) is 0. The maximum Gasteiger partial charge on any atom is 0.142 e. The van der Waals surface area contributed by atoms with E-state index in [1.54, 1.807) is 30.3 Å². The van der Waals surface area contributed by atoms with E-state index >= 15 is 0 Å². The van der Waals surface area contributed by atoms with E-state index in [1.165, 1.54) is 6.07 Å². The van der Waals surface area contributed by atoms with Gasteiger partial charge in [-0.1, -0.05) is 34.1 Å². The van der Waals surface area contributed by atoms with Gasteiger partial charge in [-0.15, -0.1) is 0 Å². The van der Waals surface area contributed by atoms with Gasteiger partial charge in [0.2, 0.25) is 0 Å². The summed E-state index contributed by atoms with van der Waals surface area (Å²) in [5.41, 5.74) is 6.45. The van der Waals surface area contributed by atoms with E-state index in [0.29, 0.717) is 8.95 Å². The quantitative estimate of drug-likeness (QED) is 0.818. The summed E-state index contributed by atoms with van der Waals surface area (Å²) in [5.74, 6) is -0.934. The predicted molar refractivity (Wildman–Crippen MR) is 74.2 cm³/mol. The van der Waals surface area contributed by atoms with Gasteiger partial charge in [0, 0.05) is 15.6 Å². The van der Waals surface area contributed by atoms with E-state index in [9.17, 15) is 8.78 Å². The number of halogens is 4. The van der Waals surface area contributed by atoms with Crippen molar-refractivity contribution in [3.63, 3.8) is 0 Å². The lowest BCUT2D eigenvalue weighted by atomic mass is 9.99. The van der Waals surface area contributed by atoms with E-state index in [-0.39, 0.29) is 11.1 Å². The maximum atomic E-state index is 13.9. The van der Waals surface area contributed by atoms with Crippen LogP contribution in [0.2, 0.25) is 0 Å². The van der Waals surface area contributed by atoms with Gasteiger partial charge in [-0.3, -0.25) is 0 Å². The highest BCUT2D eigenvalue weighted by molar-refractivity contribution is 9.10. The molecule has 0 saturated heterocycles. The van der Waals surface area contributed by atoms with E-state index in [2.05, 4.69) is 31.9 Å². The van der Waals surface area contributed by atoms with Crippen molar-refractivity contribution in [2.24, 2.45) is 5.73 Å². The van der Waals surface area contributed by atoms with Crippen molar-refractivity contribution in [1.29, 1.82) is 0 Å². The van der Waals surface area contributed by atoms with Gasteiger partial charge in [0.15, 0.2) is 0 Å². The number of hydrogen-bond donors (Lipinski definition) is 1. The van der Waals surface area contributed by atoms with Gasteiger partial charge in [0.25, 0.3) is 0 Å². The molecule has 18 heavy (non-hydrogen) atoms. The van der Waals surface area contributed by atoms with Crippen molar-refractivity contribution >= 4 is 31.9 Å². The molecule has 0 aliphatic rings. The zero-order chi connectivity index (χ0) is 13.3. The number of rotatable bonds is 2. The molecule has 2 rings (SSSR count). The van der Waals surface area contributed by atoms with Crippen LogP contribution in [0, 0.1) is 11.6 Å². The summed E-state index contributed by atoms with van der Waals surface area (Å²) < 4.78 is 28.5. The Balaban J connectivity index is 2.55. The average Bonchev–Trinajstić information content (AvgIpc) is 2.32. The largest absolute Gasteiger partial charge is 0.320 e. The summed E-state index contributed by atoms with van der Waals surface area (Å²) in [5, 5.41) is 0. The van der Waals surface area contributed by atoms with Gasteiger partial charge in [-0.2, -0.15) is 0 Å². The van der Waals surface area contributed by atoms with Gasteiger partial charge in [0.05, 0.1) is 10.5 Å². The molecule has 5 heteroatoms. The van der Waals surface area contributed by atoms with Crippen molar-refractivity contribution in [1.82, 2.24) is 0 Å². The SMILES string of the molecule is NC(c1cccc(Br)c1F)c1c(F)cccc1Br. The molecule has 2 N–H and O–H groups in total. The molecular weight excluding hydrogens is 368 g/mol. The van der Waals surface area contributed by atoms with Crippen molar-refractivity contribution in [3.05, 3.63) is 68.1 Å². The van der Waals surface area contributed by atoms with Crippen LogP contribution in [-0.2, 0) is 0 Å². The van der Waals surface area contributed by atoms with E-state index < -0.39 is 17.7 Å². The molecule has 0 heterocycles. The summed E-state index contributed by atoms with van der Waals surface area (Å²) in [6.07, 6.45) is 0. The highest BCUT2D eigenvalue weighted by atomic mass is 79.9. The second-order valence-electron chi connectivity index (χ2n) is 3.76. The molecule has 94 valence electrons. The van der Waals surface area contributed by atoms with Gasteiger partial charge >= 0.3 is 0 Å². The first-order valence-electron chi connectivity index (χ1n) is 5.15. The van der Waals surface area contributed by atoms with Crippen LogP contribution in [-0.4, -0.2) is 0 Å². The summed E-state index contributed by atoms with van der Waals surface area (Å²) in [6, 6.07) is 8.46. The number of hydrogen-bond acceptors (Lipinski definition) is 1. The lowest BCUT2D eigenvalue weighted by molar-refractivity contribution is 0.571. The lowest BCUT2D eigenvalue weighted by Crippen LogP contribution is -2.16. The Morgan fingerprint density at radius 1 is 0.944 bits per heavy atom. The molecule has 1 atom stereocenters. The van der Waals surface area contributed by atoms with E-state index in [0.717, 1.165) is 0 Å². The zero-order valence-electron chi connectivity index (χ0n) is 9.13. The summed E-state index contributed by atoms with van der Waals surface area (Å²) in [4.78, 5) is 0. The molecule has 0 aliphatic heterocycles. The normalized spacial score (nSPS) is 12.5. The maximum absolute atomic E-state index is 13.9. The Kier molecular flexibility index (Phi) is 4.14. The highest BCUT2D eigenvalue weighted by Crippen LogP contribution is 2.32. The molecule has 2 aromatic carbocycles. The van der Waals surface area contributed by atoms with Crippen LogP contribution < -0.4 is 5.73 Å². The molecule has 0 amide bonds. The molecule has 0 fully saturated rings. The smallest absolute Gasteiger partial charge is 0.142 e. The molecule has 2 aromatic rings. The lowest BCUT2D eigenvalue weighted by Gasteiger charge is -2.16. The zero-order valence-corrected chi connectivity index (χ0v) is 12.3. The van der Waals surface area contributed by atoms with Crippen molar-refractivity contribution in [3.8, 4) is 0 Å². The third-order valence-corrected chi connectivity index (χ3v) is 3.93. The highest BCUT2D eigenvalue weighted by Gasteiger charge is 2.20. The second kappa shape index (κ2) is 5.47. The van der Waals surface area contributed by atoms with Crippen molar-refractivity contribution < 1.29 is 8.78 Å². The number of nitrogens with two attached hydrogens (primary N) is 1. The average molecular weight is 377 g/mol. The molecule has 0 saturated carbocycles. The Bertz CT molecular complexity index is 567. The first kappa shape index (κ1) is 13.6. The minimum absolute atomic E-state index is 0.245. The van der Waals surface area contributed by atoms with Crippen LogP contribution in [0.25, 0.3) is 0 Å². The van der Waals surface area contributed by atoms with E-state index in [1.807, 2.05) is 0 Å². The Labute approximate surface area is 120 Å². The van der Waals surface area contributed by atoms with Crippen LogP contribution >= 0.6 is 31.9 Å². The molecular formula is C13H9Br2F2N. The minimum atomic E-state index is -0.863. The van der Waals surface area contributed by atoms with Crippen LogP contribution in [0.15, 0.2) is 45.3 Å². The molecule has 0 aromatic heterocycles. The fraction of sp³-hybridized carbons (Fsp3) is 0.0769. The van der Waals surface area contributed by atoms with Gasteiger partial charge in [-0.25, -0.2) is 8.78 Å². The summed E-state index contributed by atoms with van der Waals surface area (Å²) in [6.45, 7) is 0. The summed E-state index contributed by atoms with van der Waals surface area (Å²) >= 11 is 6.32. The van der Waals surface area contributed by atoms with E-state index in [4.69, 9.17) is 5.73 Å². The third kappa shape index (κ3) is 2.48. The molecule has 1 unspecified atom stereocenters. The second-order valence-corrected chi connectivity index (χ2v) is 5.46. The molecule has 0 bridgehead atoms. The van der Waals surface area contributed by atoms with Crippen LogP contribution in [0.4, 0.5) is 8.78 Å². The first-order chi connectivity index (χ1) is 8.52. The van der Waals surface area contributed by atoms with Crippen molar-refractivity contribution in [2.45, 2.75) is 6.04 Å². The first-order valence-corrected chi connectivity index (χ1v) is 6.74.